The number of hydrogen-bond donors (Lipinski definition) is 3. The Morgan fingerprint density at radius 2 is 2.08 bits per heavy atom. The summed E-state index contributed by atoms with van der Waals surface area (Å²) >= 11 is 0. The Balaban J connectivity index is 1.66. The van der Waals surface area contributed by atoms with Gasteiger partial charge in [0.2, 0.25) is 0 Å². The molecule has 1 aromatic carbocycles. The number of likely N-dealkylation sites (tertiary alicyclic amines) is 1. The van der Waals surface area contributed by atoms with Crippen molar-refractivity contribution in [3.63, 3.8) is 0 Å². The van der Waals surface area contributed by atoms with Crippen LogP contribution in [0.25, 0.3) is 0 Å². The van der Waals surface area contributed by atoms with E-state index < -0.39 is 12.2 Å². The maximum absolute atomic E-state index is 14.2. The second-order valence-corrected chi connectivity index (χ2v) is 10.4. The molecule has 3 N–H and O–H groups in total. The molecule has 0 aromatic heterocycles. The van der Waals surface area contributed by atoms with Gasteiger partial charge in [-0.05, 0) is 75.3 Å². The second-order valence-electron chi connectivity index (χ2n) is 10.4. The van der Waals surface area contributed by atoms with E-state index in [1.54, 1.807) is 6.07 Å². The number of likely N-dealkylation sites (N-methyl/N-ethyl adjacent to an activating group) is 1. The lowest BCUT2D eigenvalue weighted by atomic mass is 9.86. The number of ether oxygens (including phenoxy) is 3. The summed E-state index contributed by atoms with van der Waals surface area (Å²) in [5.74, 6) is 0.110. The molecule has 0 saturated carbocycles. The van der Waals surface area contributed by atoms with Gasteiger partial charge in [-0.1, -0.05) is 12.5 Å². The fourth-order valence-corrected chi connectivity index (χ4v) is 5.51. The van der Waals surface area contributed by atoms with Gasteiger partial charge in [0.1, 0.15) is 5.82 Å². The van der Waals surface area contributed by atoms with Gasteiger partial charge in [0.25, 0.3) is 0 Å². The zero-order valence-corrected chi connectivity index (χ0v) is 23.1. The fraction of sp³-hybridized carbons (Fsp3) is 0.714. The van der Waals surface area contributed by atoms with Gasteiger partial charge >= 0.3 is 12.1 Å². The summed E-state index contributed by atoms with van der Waals surface area (Å²) in [6, 6.07) is 4.65. The van der Waals surface area contributed by atoms with E-state index in [1.807, 2.05) is 18.9 Å². The SMILES string of the molecule is CNCC(CC1CCCCOC1)NC(=O)N1CCCC(C(OCCNC(=O)OC)c2cc(F)ccc2C)C1. The van der Waals surface area contributed by atoms with Crippen LogP contribution in [0.2, 0.25) is 0 Å². The average molecular weight is 537 g/mol. The van der Waals surface area contributed by atoms with Crippen LogP contribution >= 0.6 is 0 Å². The van der Waals surface area contributed by atoms with Crippen LogP contribution in [0.5, 0.6) is 0 Å². The number of nitrogens with zero attached hydrogens (tertiary/aromatic N) is 1. The minimum absolute atomic E-state index is 0.00821. The molecule has 214 valence electrons. The maximum atomic E-state index is 14.2. The molecule has 10 heteroatoms. The highest BCUT2D eigenvalue weighted by atomic mass is 19.1. The Morgan fingerprint density at radius 3 is 2.87 bits per heavy atom. The lowest BCUT2D eigenvalue weighted by molar-refractivity contribution is -0.00917. The van der Waals surface area contributed by atoms with Crippen LogP contribution in [0.3, 0.4) is 0 Å². The highest BCUT2D eigenvalue weighted by molar-refractivity contribution is 5.74. The predicted octanol–water partition coefficient (Wildman–Crippen LogP) is 3.76. The standard InChI is InChI=1S/C28H45FN4O5/c1-20-9-10-23(29)16-25(20)26(38-14-11-31-28(35)36-3)22-8-6-12-33(18-22)27(34)32-24(17-30-2)15-21-7-4-5-13-37-19-21/h9-10,16,21-22,24,26,30H,4-8,11-15,17-19H2,1-3H3,(H,31,35)(H,32,34). The van der Waals surface area contributed by atoms with Crippen molar-refractivity contribution in [1.82, 2.24) is 20.9 Å². The number of rotatable bonds is 11. The Morgan fingerprint density at radius 1 is 1.24 bits per heavy atom. The number of carbonyl (C=O) groups is 2. The van der Waals surface area contributed by atoms with Crippen LogP contribution in [0, 0.1) is 24.6 Å². The molecule has 38 heavy (non-hydrogen) atoms. The van der Waals surface area contributed by atoms with Gasteiger partial charge < -0.3 is 35.1 Å². The van der Waals surface area contributed by atoms with E-state index in [9.17, 15) is 14.0 Å². The summed E-state index contributed by atoms with van der Waals surface area (Å²) in [6.07, 6.45) is 5.02. The van der Waals surface area contributed by atoms with Crippen LogP contribution < -0.4 is 16.0 Å². The number of alkyl carbamates (subject to hydrolysis) is 1. The van der Waals surface area contributed by atoms with Gasteiger partial charge in [0.05, 0.1) is 19.8 Å². The highest BCUT2D eigenvalue weighted by Gasteiger charge is 2.33. The molecule has 9 nitrogen and oxygen atoms in total. The Hall–Kier alpha value is -2.43. The van der Waals surface area contributed by atoms with E-state index in [0.717, 1.165) is 62.9 Å². The number of piperidine rings is 1. The van der Waals surface area contributed by atoms with E-state index in [4.69, 9.17) is 9.47 Å². The van der Waals surface area contributed by atoms with E-state index in [-0.39, 0.29) is 37.0 Å². The Labute approximate surface area is 226 Å². The van der Waals surface area contributed by atoms with Crippen LogP contribution in [0.4, 0.5) is 14.0 Å². The maximum Gasteiger partial charge on any atom is 0.406 e. The Kier molecular flexibility index (Phi) is 12.6. The smallest absolute Gasteiger partial charge is 0.406 e. The van der Waals surface area contributed by atoms with Crippen LogP contribution in [-0.4, -0.2) is 83.2 Å². The molecule has 2 heterocycles. The number of amides is 3. The number of nitrogens with one attached hydrogen (secondary N) is 3. The van der Waals surface area contributed by atoms with Gasteiger partial charge in [-0.15, -0.1) is 0 Å². The van der Waals surface area contributed by atoms with Crippen LogP contribution in [0.1, 0.15) is 55.8 Å². The third kappa shape index (κ3) is 9.39. The number of aryl methyl sites for hydroxylation is 1. The molecule has 0 bridgehead atoms. The number of hydrogen-bond acceptors (Lipinski definition) is 6. The molecular formula is C28H45FN4O5. The molecule has 2 aliphatic rings. The molecule has 3 amide bonds. The molecule has 0 spiro atoms. The molecule has 4 unspecified atom stereocenters. The quantitative estimate of drug-likeness (QED) is 0.373. The van der Waals surface area contributed by atoms with Gasteiger partial charge in [0.15, 0.2) is 0 Å². The van der Waals surface area contributed by atoms with Crippen molar-refractivity contribution in [2.24, 2.45) is 11.8 Å². The molecule has 2 aliphatic heterocycles. The summed E-state index contributed by atoms with van der Waals surface area (Å²) in [5, 5.41) is 9.08. The van der Waals surface area contributed by atoms with E-state index in [0.29, 0.717) is 25.6 Å². The normalized spacial score (nSPS) is 21.7. The van der Waals surface area contributed by atoms with Crippen molar-refractivity contribution in [2.45, 2.75) is 57.6 Å². The number of halogens is 1. The topological polar surface area (TPSA) is 101 Å². The van der Waals surface area contributed by atoms with Crippen molar-refractivity contribution >= 4 is 12.1 Å². The van der Waals surface area contributed by atoms with E-state index in [2.05, 4.69) is 20.7 Å². The largest absolute Gasteiger partial charge is 0.453 e. The Bertz CT molecular complexity index is 881. The summed E-state index contributed by atoms with van der Waals surface area (Å²) < 4.78 is 30.8. The molecule has 3 rings (SSSR count). The lowest BCUT2D eigenvalue weighted by Gasteiger charge is -2.38. The van der Waals surface area contributed by atoms with Crippen LogP contribution in [0.15, 0.2) is 18.2 Å². The molecule has 1 aromatic rings. The molecule has 2 saturated heterocycles. The van der Waals surface area contributed by atoms with Crippen molar-refractivity contribution < 1.29 is 28.2 Å². The monoisotopic (exact) mass is 536 g/mol. The molecule has 4 atom stereocenters. The van der Waals surface area contributed by atoms with E-state index in [1.165, 1.54) is 19.2 Å². The number of urea groups is 1. The highest BCUT2D eigenvalue weighted by Crippen LogP contribution is 2.35. The summed E-state index contributed by atoms with van der Waals surface area (Å²) in [5.41, 5.74) is 1.70. The van der Waals surface area contributed by atoms with E-state index >= 15 is 0 Å². The number of methoxy groups -OCH3 is 1. The zero-order chi connectivity index (χ0) is 27.3. The van der Waals surface area contributed by atoms with Crippen molar-refractivity contribution in [1.29, 1.82) is 0 Å². The fourth-order valence-electron chi connectivity index (χ4n) is 5.51. The minimum atomic E-state index is -0.529. The van der Waals surface area contributed by atoms with Crippen LogP contribution in [-0.2, 0) is 14.2 Å². The summed E-state index contributed by atoms with van der Waals surface area (Å²) in [6.45, 7) is 5.89. The first kappa shape index (κ1) is 30.1. The van der Waals surface area contributed by atoms with Crippen molar-refractivity contribution in [3.05, 3.63) is 35.1 Å². The van der Waals surface area contributed by atoms with Gasteiger partial charge in [0, 0.05) is 51.4 Å². The molecule has 0 radical (unpaired) electrons. The second kappa shape index (κ2) is 15.9. The van der Waals surface area contributed by atoms with Gasteiger partial charge in [-0.3, -0.25) is 0 Å². The summed E-state index contributed by atoms with van der Waals surface area (Å²) in [7, 11) is 3.21. The average Bonchev–Trinajstić information content (AvgIpc) is 3.19. The zero-order valence-electron chi connectivity index (χ0n) is 23.1. The first-order chi connectivity index (χ1) is 18.4. The third-order valence-corrected chi connectivity index (χ3v) is 7.48. The molecule has 0 aliphatic carbocycles. The minimum Gasteiger partial charge on any atom is -0.453 e. The molecule has 2 fully saturated rings. The lowest BCUT2D eigenvalue weighted by Crippen LogP contribution is -2.52. The van der Waals surface area contributed by atoms with Crippen molar-refractivity contribution in [3.8, 4) is 0 Å². The first-order valence-electron chi connectivity index (χ1n) is 13.9. The van der Waals surface area contributed by atoms with Crippen molar-refractivity contribution in [2.75, 3.05) is 60.2 Å². The summed E-state index contributed by atoms with van der Waals surface area (Å²) in [4.78, 5) is 26.7. The number of carbonyl (C=O) groups excluding carboxylic acids is 2. The molecular weight excluding hydrogens is 491 g/mol. The first-order valence-corrected chi connectivity index (χ1v) is 13.9. The van der Waals surface area contributed by atoms with Gasteiger partial charge in [-0.2, -0.15) is 0 Å². The predicted molar refractivity (Wildman–Crippen MR) is 144 cm³/mol. The third-order valence-electron chi connectivity index (χ3n) is 7.48. The number of benzene rings is 1. The van der Waals surface area contributed by atoms with Gasteiger partial charge in [-0.25, -0.2) is 14.0 Å².